The number of rotatable bonds is 5. The summed E-state index contributed by atoms with van der Waals surface area (Å²) in [6, 6.07) is 6.35. The summed E-state index contributed by atoms with van der Waals surface area (Å²) in [6.45, 7) is 3.85. The summed E-state index contributed by atoms with van der Waals surface area (Å²) < 4.78 is 2.14. The number of hydrogen-bond donors (Lipinski definition) is 0. The Labute approximate surface area is 119 Å². The van der Waals surface area contributed by atoms with Gasteiger partial charge in [-0.25, -0.2) is 4.98 Å². The quantitative estimate of drug-likeness (QED) is 0.837. The highest BCUT2D eigenvalue weighted by Gasteiger charge is 2.04. The lowest BCUT2D eigenvalue weighted by atomic mass is 10.1. The lowest BCUT2D eigenvalue weighted by Crippen LogP contribution is -2.10. The van der Waals surface area contributed by atoms with Crippen molar-refractivity contribution in [1.29, 1.82) is 0 Å². The lowest BCUT2D eigenvalue weighted by molar-refractivity contribution is 0.402. The first-order valence-corrected chi connectivity index (χ1v) is 6.84. The number of halogens is 1. The van der Waals surface area contributed by atoms with Gasteiger partial charge in [-0.2, -0.15) is 0 Å². The highest BCUT2D eigenvalue weighted by molar-refractivity contribution is 6.31. The van der Waals surface area contributed by atoms with E-state index >= 15 is 0 Å². The number of nitrogens with zero attached hydrogens (tertiary/aromatic N) is 3. The highest BCUT2D eigenvalue weighted by atomic mass is 35.5. The molecule has 1 heterocycles. The molecule has 3 nitrogen and oxygen atoms in total. The van der Waals surface area contributed by atoms with E-state index in [0.717, 1.165) is 30.4 Å². The maximum atomic E-state index is 6.35. The monoisotopic (exact) mass is 277 g/mol. The molecule has 0 fully saturated rings. The molecule has 0 aliphatic rings. The summed E-state index contributed by atoms with van der Waals surface area (Å²) in [5, 5.41) is 0.858. The minimum absolute atomic E-state index is 0.858. The van der Waals surface area contributed by atoms with Crippen LogP contribution < -0.4 is 0 Å². The van der Waals surface area contributed by atoms with Crippen LogP contribution in [0, 0.1) is 6.92 Å². The van der Waals surface area contributed by atoms with Crippen LogP contribution in [0.25, 0.3) is 0 Å². The SMILES string of the molecule is Cc1nccn1CCc1ccc(CN(C)C)cc1Cl. The minimum atomic E-state index is 0.858. The molecule has 0 atom stereocenters. The van der Waals surface area contributed by atoms with E-state index in [0.29, 0.717) is 0 Å². The average Bonchev–Trinajstić information content (AvgIpc) is 2.73. The first-order chi connectivity index (χ1) is 9.06. The van der Waals surface area contributed by atoms with E-state index in [-0.39, 0.29) is 0 Å². The maximum Gasteiger partial charge on any atom is 0.105 e. The summed E-state index contributed by atoms with van der Waals surface area (Å²) >= 11 is 6.35. The van der Waals surface area contributed by atoms with Crippen LogP contribution in [0.3, 0.4) is 0 Å². The van der Waals surface area contributed by atoms with Crippen LogP contribution in [0.1, 0.15) is 17.0 Å². The molecule has 0 saturated carbocycles. The van der Waals surface area contributed by atoms with Gasteiger partial charge in [-0.05, 0) is 44.6 Å². The van der Waals surface area contributed by atoms with Crippen LogP contribution >= 0.6 is 11.6 Å². The normalized spacial score (nSPS) is 11.2. The Morgan fingerprint density at radius 2 is 2.11 bits per heavy atom. The van der Waals surface area contributed by atoms with Crippen molar-refractivity contribution in [2.24, 2.45) is 0 Å². The van der Waals surface area contributed by atoms with Gasteiger partial charge in [0.2, 0.25) is 0 Å². The maximum absolute atomic E-state index is 6.35. The van der Waals surface area contributed by atoms with Gasteiger partial charge in [0.25, 0.3) is 0 Å². The standard InChI is InChI=1S/C15H20ClN3/c1-12-17-7-9-19(12)8-6-14-5-4-13(10-15(14)16)11-18(2)3/h4-5,7,9-10H,6,8,11H2,1-3H3. The lowest BCUT2D eigenvalue weighted by Gasteiger charge is -2.12. The third-order valence-corrected chi connectivity index (χ3v) is 3.51. The number of aryl methyl sites for hydroxylation is 3. The molecule has 0 amide bonds. The summed E-state index contributed by atoms with van der Waals surface area (Å²) in [5.74, 6) is 1.04. The summed E-state index contributed by atoms with van der Waals surface area (Å²) in [4.78, 5) is 6.36. The Hall–Kier alpha value is -1.32. The summed E-state index contributed by atoms with van der Waals surface area (Å²) in [7, 11) is 4.12. The molecule has 102 valence electrons. The summed E-state index contributed by atoms with van der Waals surface area (Å²) in [6.07, 6.45) is 4.76. The largest absolute Gasteiger partial charge is 0.335 e. The topological polar surface area (TPSA) is 21.1 Å². The van der Waals surface area contributed by atoms with Gasteiger partial charge >= 0.3 is 0 Å². The van der Waals surface area contributed by atoms with Gasteiger partial charge in [0, 0.05) is 30.5 Å². The van der Waals surface area contributed by atoms with Crippen LogP contribution in [-0.4, -0.2) is 28.5 Å². The molecule has 0 bridgehead atoms. The van der Waals surface area contributed by atoms with E-state index < -0.39 is 0 Å². The van der Waals surface area contributed by atoms with E-state index in [1.165, 1.54) is 11.1 Å². The van der Waals surface area contributed by atoms with Crippen molar-refractivity contribution in [2.75, 3.05) is 14.1 Å². The van der Waals surface area contributed by atoms with Gasteiger partial charge in [-0.1, -0.05) is 23.7 Å². The predicted molar refractivity (Wildman–Crippen MR) is 79.5 cm³/mol. The van der Waals surface area contributed by atoms with E-state index in [2.05, 4.69) is 46.7 Å². The Bertz CT molecular complexity index is 546. The zero-order chi connectivity index (χ0) is 13.8. The van der Waals surface area contributed by atoms with Gasteiger partial charge in [0.05, 0.1) is 0 Å². The number of imidazole rings is 1. The molecule has 2 aromatic rings. The van der Waals surface area contributed by atoms with Crippen molar-refractivity contribution in [3.05, 3.63) is 52.6 Å². The molecule has 19 heavy (non-hydrogen) atoms. The van der Waals surface area contributed by atoms with Crippen molar-refractivity contribution in [1.82, 2.24) is 14.5 Å². The molecular weight excluding hydrogens is 258 g/mol. The van der Waals surface area contributed by atoms with Crippen LogP contribution in [0.5, 0.6) is 0 Å². The van der Waals surface area contributed by atoms with Gasteiger partial charge in [-0.15, -0.1) is 0 Å². The first kappa shape index (κ1) is 14.1. The second-order valence-corrected chi connectivity index (χ2v) is 5.49. The molecule has 0 aliphatic carbocycles. The van der Waals surface area contributed by atoms with Crippen molar-refractivity contribution in [2.45, 2.75) is 26.4 Å². The molecule has 4 heteroatoms. The molecule has 0 unspecified atom stereocenters. The molecule has 0 aliphatic heterocycles. The molecular formula is C15H20ClN3. The number of benzene rings is 1. The average molecular weight is 278 g/mol. The van der Waals surface area contributed by atoms with Gasteiger partial charge in [0.1, 0.15) is 5.82 Å². The Kier molecular flexibility index (Phi) is 4.61. The van der Waals surface area contributed by atoms with Crippen LogP contribution in [-0.2, 0) is 19.5 Å². The van der Waals surface area contributed by atoms with E-state index in [1.807, 2.05) is 19.3 Å². The van der Waals surface area contributed by atoms with Crippen LogP contribution in [0.2, 0.25) is 5.02 Å². The molecule has 2 rings (SSSR count). The van der Waals surface area contributed by atoms with Crippen molar-refractivity contribution in [3.63, 3.8) is 0 Å². The second-order valence-electron chi connectivity index (χ2n) is 5.08. The Balaban J connectivity index is 2.03. The van der Waals surface area contributed by atoms with Crippen LogP contribution in [0.15, 0.2) is 30.6 Å². The van der Waals surface area contributed by atoms with E-state index in [9.17, 15) is 0 Å². The number of hydrogen-bond acceptors (Lipinski definition) is 2. The fraction of sp³-hybridized carbons (Fsp3) is 0.400. The predicted octanol–water partition coefficient (Wildman–Crippen LogP) is 3.15. The van der Waals surface area contributed by atoms with E-state index in [4.69, 9.17) is 11.6 Å². The molecule has 1 aromatic carbocycles. The molecule has 1 aromatic heterocycles. The molecule has 0 N–H and O–H groups in total. The van der Waals surface area contributed by atoms with Crippen molar-refractivity contribution in [3.8, 4) is 0 Å². The highest BCUT2D eigenvalue weighted by Crippen LogP contribution is 2.19. The molecule has 0 radical (unpaired) electrons. The second kappa shape index (κ2) is 6.22. The van der Waals surface area contributed by atoms with Crippen molar-refractivity contribution >= 4 is 11.6 Å². The Morgan fingerprint density at radius 3 is 2.68 bits per heavy atom. The van der Waals surface area contributed by atoms with Crippen molar-refractivity contribution < 1.29 is 0 Å². The number of aromatic nitrogens is 2. The first-order valence-electron chi connectivity index (χ1n) is 6.46. The van der Waals surface area contributed by atoms with Crippen LogP contribution in [0.4, 0.5) is 0 Å². The summed E-state index contributed by atoms with van der Waals surface area (Å²) in [5.41, 5.74) is 2.44. The van der Waals surface area contributed by atoms with Gasteiger partial charge < -0.3 is 9.47 Å². The van der Waals surface area contributed by atoms with E-state index in [1.54, 1.807) is 0 Å². The fourth-order valence-corrected chi connectivity index (χ4v) is 2.44. The zero-order valence-corrected chi connectivity index (χ0v) is 12.5. The smallest absolute Gasteiger partial charge is 0.105 e. The Morgan fingerprint density at radius 1 is 1.32 bits per heavy atom. The van der Waals surface area contributed by atoms with Gasteiger partial charge in [-0.3, -0.25) is 0 Å². The minimum Gasteiger partial charge on any atom is -0.335 e. The molecule has 0 spiro atoms. The fourth-order valence-electron chi connectivity index (χ4n) is 2.14. The molecule has 0 saturated heterocycles. The third-order valence-electron chi connectivity index (χ3n) is 3.16. The zero-order valence-electron chi connectivity index (χ0n) is 11.7. The van der Waals surface area contributed by atoms with Gasteiger partial charge in [0.15, 0.2) is 0 Å². The third kappa shape index (κ3) is 3.82.